The van der Waals surface area contributed by atoms with E-state index in [2.05, 4.69) is 34.3 Å². The first kappa shape index (κ1) is 18.0. The summed E-state index contributed by atoms with van der Waals surface area (Å²) in [4.78, 5) is 8.55. The SMILES string of the molecule is CCNC(=NC)c1ccc(/C=C\c2c(N)ncc3ccc(Cl)cc23)cc1. The number of nitrogen functional groups attached to an aromatic ring is 1. The highest BCUT2D eigenvalue weighted by Gasteiger charge is 2.05. The Kier molecular flexibility index (Phi) is 5.54. The summed E-state index contributed by atoms with van der Waals surface area (Å²) in [7, 11) is 1.78. The number of hydrogen-bond acceptors (Lipinski definition) is 3. The number of hydrogen-bond donors (Lipinski definition) is 2. The summed E-state index contributed by atoms with van der Waals surface area (Å²) < 4.78 is 0. The number of aromatic nitrogens is 1. The van der Waals surface area contributed by atoms with Crippen molar-refractivity contribution >= 4 is 46.2 Å². The van der Waals surface area contributed by atoms with Crippen molar-refractivity contribution in [2.45, 2.75) is 6.92 Å². The molecule has 3 rings (SSSR count). The molecule has 0 aliphatic heterocycles. The van der Waals surface area contributed by atoms with Crippen molar-refractivity contribution in [3.8, 4) is 0 Å². The zero-order chi connectivity index (χ0) is 18.5. The highest BCUT2D eigenvalue weighted by atomic mass is 35.5. The first-order valence-electron chi connectivity index (χ1n) is 8.45. The standard InChI is InChI=1S/C21H21ClN4/c1-3-25-21(24-2)15-7-4-14(5-8-15)6-11-18-19-12-17(22)10-9-16(19)13-26-20(18)23/h4-13H,3H2,1-2H3,(H2,23,26)(H,24,25)/b11-6-. The molecule has 3 aromatic rings. The van der Waals surface area contributed by atoms with E-state index >= 15 is 0 Å². The summed E-state index contributed by atoms with van der Waals surface area (Å²) in [6.45, 7) is 2.89. The average Bonchev–Trinajstić information content (AvgIpc) is 2.66. The Hall–Kier alpha value is -2.85. The maximum atomic E-state index is 6.14. The smallest absolute Gasteiger partial charge is 0.131 e. The molecular formula is C21H21ClN4. The Balaban J connectivity index is 1.92. The van der Waals surface area contributed by atoms with Crippen molar-refractivity contribution in [1.29, 1.82) is 0 Å². The van der Waals surface area contributed by atoms with Gasteiger partial charge in [0.1, 0.15) is 11.7 Å². The zero-order valence-corrected chi connectivity index (χ0v) is 15.6. The van der Waals surface area contributed by atoms with E-state index in [1.54, 1.807) is 13.2 Å². The number of halogens is 1. The average molecular weight is 365 g/mol. The Morgan fingerprint density at radius 3 is 2.65 bits per heavy atom. The fourth-order valence-corrected chi connectivity index (χ4v) is 2.98. The van der Waals surface area contributed by atoms with E-state index in [1.807, 2.05) is 42.5 Å². The van der Waals surface area contributed by atoms with Gasteiger partial charge >= 0.3 is 0 Å². The molecule has 0 unspecified atom stereocenters. The van der Waals surface area contributed by atoms with Gasteiger partial charge in [0, 0.05) is 41.3 Å². The highest BCUT2D eigenvalue weighted by Crippen LogP contribution is 2.27. The lowest BCUT2D eigenvalue weighted by atomic mass is 10.0. The van der Waals surface area contributed by atoms with E-state index < -0.39 is 0 Å². The largest absolute Gasteiger partial charge is 0.383 e. The molecule has 0 atom stereocenters. The zero-order valence-electron chi connectivity index (χ0n) is 14.8. The Morgan fingerprint density at radius 2 is 1.96 bits per heavy atom. The van der Waals surface area contributed by atoms with Gasteiger partial charge in [-0.15, -0.1) is 0 Å². The number of nitrogens with one attached hydrogen (secondary N) is 1. The van der Waals surface area contributed by atoms with Crippen LogP contribution in [0.15, 0.2) is 53.7 Å². The summed E-state index contributed by atoms with van der Waals surface area (Å²) in [6.07, 6.45) is 5.77. The van der Waals surface area contributed by atoms with E-state index in [9.17, 15) is 0 Å². The molecule has 1 heterocycles. The summed E-state index contributed by atoms with van der Waals surface area (Å²) in [5.74, 6) is 1.38. The second kappa shape index (κ2) is 8.02. The molecule has 132 valence electrons. The Bertz CT molecular complexity index is 970. The molecule has 0 aliphatic carbocycles. The summed E-state index contributed by atoms with van der Waals surface area (Å²) in [5, 5.41) is 5.93. The third kappa shape index (κ3) is 3.86. The van der Waals surface area contributed by atoms with E-state index in [-0.39, 0.29) is 0 Å². The van der Waals surface area contributed by atoms with Crippen molar-refractivity contribution in [3.05, 3.63) is 70.4 Å². The number of pyridine rings is 1. The molecule has 0 fully saturated rings. The minimum absolute atomic E-state index is 0.486. The molecule has 0 bridgehead atoms. The van der Waals surface area contributed by atoms with Crippen molar-refractivity contribution in [2.75, 3.05) is 19.3 Å². The molecule has 0 saturated heterocycles. The summed E-state index contributed by atoms with van der Waals surface area (Å²) >= 11 is 6.14. The van der Waals surface area contributed by atoms with E-state index in [0.717, 1.165) is 39.8 Å². The number of anilines is 1. The first-order valence-corrected chi connectivity index (χ1v) is 8.83. The minimum Gasteiger partial charge on any atom is -0.383 e. The van der Waals surface area contributed by atoms with Crippen molar-refractivity contribution in [2.24, 2.45) is 4.99 Å². The molecule has 3 N–H and O–H groups in total. The number of nitrogens with zero attached hydrogens (tertiary/aromatic N) is 2. The van der Waals surface area contributed by atoms with Crippen LogP contribution in [0.5, 0.6) is 0 Å². The first-order chi connectivity index (χ1) is 12.6. The number of amidine groups is 1. The summed E-state index contributed by atoms with van der Waals surface area (Å²) in [6, 6.07) is 13.9. The predicted molar refractivity (Wildman–Crippen MR) is 113 cm³/mol. The summed E-state index contributed by atoms with van der Waals surface area (Å²) in [5.41, 5.74) is 9.09. The molecule has 26 heavy (non-hydrogen) atoms. The third-order valence-electron chi connectivity index (χ3n) is 4.12. The van der Waals surface area contributed by atoms with Crippen LogP contribution in [0.1, 0.15) is 23.6 Å². The minimum atomic E-state index is 0.486. The van der Waals surface area contributed by atoms with Gasteiger partial charge in [-0.1, -0.05) is 54.1 Å². The lowest BCUT2D eigenvalue weighted by Crippen LogP contribution is -2.23. The van der Waals surface area contributed by atoms with E-state index in [4.69, 9.17) is 17.3 Å². The van der Waals surface area contributed by atoms with Gasteiger partial charge in [0.05, 0.1) is 0 Å². The van der Waals surface area contributed by atoms with E-state index in [0.29, 0.717) is 10.8 Å². The fraction of sp³-hybridized carbons (Fsp3) is 0.143. The van der Waals surface area contributed by atoms with Crippen LogP contribution >= 0.6 is 11.6 Å². The van der Waals surface area contributed by atoms with Gasteiger partial charge in [0.2, 0.25) is 0 Å². The van der Waals surface area contributed by atoms with Crippen LogP contribution in [0.3, 0.4) is 0 Å². The van der Waals surface area contributed by atoms with Gasteiger partial charge in [0.15, 0.2) is 0 Å². The lowest BCUT2D eigenvalue weighted by Gasteiger charge is -2.08. The fourth-order valence-electron chi connectivity index (χ4n) is 2.81. The highest BCUT2D eigenvalue weighted by molar-refractivity contribution is 6.31. The number of aliphatic imine (C=N–C) groups is 1. The van der Waals surface area contributed by atoms with Gasteiger partial charge < -0.3 is 11.1 Å². The van der Waals surface area contributed by atoms with Gasteiger partial charge in [-0.25, -0.2) is 4.98 Å². The van der Waals surface area contributed by atoms with Crippen LogP contribution in [0.4, 0.5) is 5.82 Å². The van der Waals surface area contributed by atoms with Gasteiger partial charge in [0.25, 0.3) is 0 Å². The maximum Gasteiger partial charge on any atom is 0.131 e. The lowest BCUT2D eigenvalue weighted by molar-refractivity contribution is 0.962. The number of rotatable bonds is 4. The van der Waals surface area contributed by atoms with Crippen molar-refractivity contribution < 1.29 is 0 Å². The quantitative estimate of drug-likeness (QED) is 0.524. The van der Waals surface area contributed by atoms with Gasteiger partial charge in [-0.3, -0.25) is 4.99 Å². The molecule has 0 amide bonds. The molecule has 2 aromatic carbocycles. The molecule has 0 spiro atoms. The third-order valence-corrected chi connectivity index (χ3v) is 4.35. The molecule has 0 aliphatic rings. The Morgan fingerprint density at radius 1 is 1.19 bits per heavy atom. The normalized spacial score (nSPS) is 12.0. The monoisotopic (exact) mass is 364 g/mol. The van der Waals surface area contributed by atoms with Crippen molar-refractivity contribution in [1.82, 2.24) is 10.3 Å². The Labute approximate surface area is 158 Å². The number of nitrogens with two attached hydrogens (primary N) is 1. The molecular weight excluding hydrogens is 344 g/mol. The van der Waals surface area contributed by atoms with E-state index in [1.165, 1.54) is 0 Å². The van der Waals surface area contributed by atoms with Gasteiger partial charge in [-0.2, -0.15) is 0 Å². The van der Waals surface area contributed by atoms with Crippen LogP contribution < -0.4 is 11.1 Å². The molecule has 0 radical (unpaired) electrons. The second-order valence-corrected chi connectivity index (χ2v) is 6.28. The number of fused-ring (bicyclic) bond motifs is 1. The van der Waals surface area contributed by atoms with Crippen LogP contribution in [-0.2, 0) is 0 Å². The van der Waals surface area contributed by atoms with Crippen LogP contribution in [0.2, 0.25) is 5.02 Å². The maximum absolute atomic E-state index is 6.14. The van der Waals surface area contributed by atoms with Crippen molar-refractivity contribution in [3.63, 3.8) is 0 Å². The van der Waals surface area contributed by atoms with Crippen LogP contribution in [-0.4, -0.2) is 24.4 Å². The molecule has 5 heteroatoms. The van der Waals surface area contributed by atoms with Crippen LogP contribution in [0, 0.1) is 0 Å². The van der Waals surface area contributed by atoms with Gasteiger partial charge in [-0.05, 0) is 30.0 Å². The predicted octanol–water partition coefficient (Wildman–Crippen LogP) is 4.63. The second-order valence-electron chi connectivity index (χ2n) is 5.85. The molecule has 1 aromatic heterocycles. The molecule has 4 nitrogen and oxygen atoms in total. The molecule has 0 saturated carbocycles. The topological polar surface area (TPSA) is 63.3 Å². The van der Waals surface area contributed by atoms with Crippen LogP contribution in [0.25, 0.3) is 22.9 Å². The number of benzene rings is 2.